The van der Waals surface area contributed by atoms with Crippen LogP contribution in [0.5, 0.6) is 0 Å². The first-order valence-electron chi connectivity index (χ1n) is 7.30. The molecule has 1 fully saturated rings. The van der Waals surface area contributed by atoms with E-state index < -0.39 is 10.8 Å². The highest BCUT2D eigenvalue weighted by Crippen LogP contribution is 2.25. The van der Waals surface area contributed by atoms with Gasteiger partial charge in [0.2, 0.25) is 0 Å². The zero-order valence-corrected chi connectivity index (χ0v) is 12.4. The van der Waals surface area contributed by atoms with E-state index in [-0.39, 0.29) is 0 Å². The van der Waals surface area contributed by atoms with Crippen molar-refractivity contribution < 1.29 is 4.21 Å². The number of hydrogen-bond donors (Lipinski definition) is 1. The highest BCUT2D eigenvalue weighted by molar-refractivity contribution is 7.84. The molecule has 0 aromatic carbocycles. The van der Waals surface area contributed by atoms with Crippen molar-refractivity contribution in [2.45, 2.75) is 64.8 Å². The molecule has 1 aliphatic rings. The summed E-state index contributed by atoms with van der Waals surface area (Å²) in [5.74, 6) is 2.65. The Morgan fingerprint density at radius 2 is 2.06 bits per heavy atom. The molecule has 1 aliphatic carbocycles. The third-order valence-electron chi connectivity index (χ3n) is 3.65. The Morgan fingerprint density at radius 1 is 1.35 bits per heavy atom. The Kier molecular flexibility index (Phi) is 8.12. The van der Waals surface area contributed by atoms with E-state index in [2.05, 4.69) is 19.2 Å². The van der Waals surface area contributed by atoms with Crippen molar-refractivity contribution >= 4 is 10.8 Å². The fourth-order valence-corrected chi connectivity index (χ4v) is 4.08. The van der Waals surface area contributed by atoms with E-state index in [1.165, 1.54) is 32.1 Å². The van der Waals surface area contributed by atoms with Gasteiger partial charge in [0.25, 0.3) is 0 Å². The summed E-state index contributed by atoms with van der Waals surface area (Å²) < 4.78 is 11.9. The quantitative estimate of drug-likeness (QED) is 0.689. The summed E-state index contributed by atoms with van der Waals surface area (Å²) in [5.41, 5.74) is 0. The molecule has 2 nitrogen and oxygen atoms in total. The van der Waals surface area contributed by atoms with Gasteiger partial charge in [0.1, 0.15) is 0 Å². The Bertz CT molecular complexity index is 214. The third-order valence-corrected chi connectivity index (χ3v) is 5.24. The zero-order chi connectivity index (χ0) is 12.5. The lowest BCUT2D eigenvalue weighted by Crippen LogP contribution is -2.27. The summed E-state index contributed by atoms with van der Waals surface area (Å²) in [7, 11) is -0.560. The van der Waals surface area contributed by atoms with Crippen LogP contribution in [0.3, 0.4) is 0 Å². The van der Waals surface area contributed by atoms with Gasteiger partial charge in [-0.25, -0.2) is 0 Å². The minimum atomic E-state index is -0.560. The molecule has 0 saturated heterocycles. The van der Waals surface area contributed by atoms with E-state index in [4.69, 9.17) is 0 Å². The van der Waals surface area contributed by atoms with Gasteiger partial charge in [-0.3, -0.25) is 4.21 Å². The van der Waals surface area contributed by atoms with E-state index >= 15 is 0 Å². The number of rotatable bonds is 9. The Balaban J connectivity index is 1.99. The zero-order valence-electron chi connectivity index (χ0n) is 11.5. The lowest BCUT2D eigenvalue weighted by molar-refractivity contribution is 0.508. The van der Waals surface area contributed by atoms with Gasteiger partial charge in [-0.15, -0.1) is 0 Å². The first-order chi connectivity index (χ1) is 8.22. The molecule has 0 aromatic rings. The third kappa shape index (κ3) is 7.20. The van der Waals surface area contributed by atoms with Gasteiger partial charge in [0.15, 0.2) is 0 Å². The van der Waals surface area contributed by atoms with Gasteiger partial charge in [-0.1, -0.05) is 19.8 Å². The molecule has 1 saturated carbocycles. The minimum absolute atomic E-state index is 0.560. The molecular formula is C14H29NOS. The van der Waals surface area contributed by atoms with Crippen LogP contribution in [-0.4, -0.2) is 28.3 Å². The molecule has 17 heavy (non-hydrogen) atoms. The molecule has 0 heterocycles. The van der Waals surface area contributed by atoms with Crippen molar-refractivity contribution in [2.75, 3.05) is 18.1 Å². The molecule has 0 aliphatic heterocycles. The Labute approximate surface area is 109 Å². The van der Waals surface area contributed by atoms with Gasteiger partial charge >= 0.3 is 0 Å². The van der Waals surface area contributed by atoms with Crippen molar-refractivity contribution in [3.05, 3.63) is 0 Å². The molecular weight excluding hydrogens is 230 g/mol. The van der Waals surface area contributed by atoms with Gasteiger partial charge in [-0.05, 0) is 51.5 Å². The number of hydrogen-bond acceptors (Lipinski definition) is 2. The summed E-state index contributed by atoms with van der Waals surface area (Å²) in [6.45, 7) is 5.53. The lowest BCUT2D eigenvalue weighted by atomic mass is 10.1. The highest BCUT2D eigenvalue weighted by atomic mass is 32.2. The van der Waals surface area contributed by atoms with Gasteiger partial charge in [0.05, 0.1) is 0 Å². The Morgan fingerprint density at radius 3 is 2.71 bits per heavy atom. The summed E-state index contributed by atoms with van der Waals surface area (Å²) in [6, 6.07) is 0.582. The highest BCUT2D eigenvalue weighted by Gasteiger charge is 2.17. The lowest BCUT2D eigenvalue weighted by Gasteiger charge is -2.13. The molecule has 0 bridgehead atoms. The molecule has 2 unspecified atom stereocenters. The van der Waals surface area contributed by atoms with E-state index in [1.54, 1.807) is 0 Å². The minimum Gasteiger partial charge on any atom is -0.314 e. The van der Waals surface area contributed by atoms with Crippen LogP contribution < -0.4 is 5.32 Å². The summed E-state index contributed by atoms with van der Waals surface area (Å²) in [6.07, 6.45) is 8.83. The molecule has 102 valence electrons. The Hall–Kier alpha value is 0.110. The maximum absolute atomic E-state index is 11.9. The van der Waals surface area contributed by atoms with Gasteiger partial charge < -0.3 is 5.32 Å². The van der Waals surface area contributed by atoms with Crippen LogP contribution in [0.25, 0.3) is 0 Å². The van der Waals surface area contributed by atoms with E-state index in [9.17, 15) is 4.21 Å². The fraction of sp³-hybridized carbons (Fsp3) is 1.00. The summed E-state index contributed by atoms with van der Waals surface area (Å²) in [4.78, 5) is 0. The molecule has 0 aromatic heterocycles. The van der Waals surface area contributed by atoms with Crippen LogP contribution in [0.1, 0.15) is 58.8 Å². The molecule has 0 spiro atoms. The van der Waals surface area contributed by atoms with Gasteiger partial charge in [-0.2, -0.15) is 0 Å². The maximum atomic E-state index is 11.9. The predicted molar refractivity (Wildman–Crippen MR) is 76.8 cm³/mol. The van der Waals surface area contributed by atoms with E-state index in [0.29, 0.717) is 6.04 Å². The van der Waals surface area contributed by atoms with Crippen molar-refractivity contribution in [3.8, 4) is 0 Å². The topological polar surface area (TPSA) is 29.1 Å². The largest absolute Gasteiger partial charge is 0.314 e. The van der Waals surface area contributed by atoms with E-state index in [1.807, 2.05) is 0 Å². The second kappa shape index (κ2) is 9.09. The molecule has 1 rings (SSSR count). The average Bonchev–Trinajstić information content (AvgIpc) is 2.79. The second-order valence-corrected chi connectivity index (χ2v) is 7.08. The van der Waals surface area contributed by atoms with Crippen molar-refractivity contribution in [1.29, 1.82) is 0 Å². The SMILES string of the molecule is CCCNC(C)CCCS(=O)CC1CCCC1. The molecule has 1 N–H and O–H groups in total. The van der Waals surface area contributed by atoms with E-state index in [0.717, 1.165) is 36.8 Å². The molecule has 3 heteroatoms. The maximum Gasteiger partial charge on any atom is 0.0263 e. The predicted octanol–water partition coefficient (Wildman–Crippen LogP) is 3.09. The normalized spacial score (nSPS) is 20.6. The fourth-order valence-electron chi connectivity index (χ4n) is 2.57. The first-order valence-corrected chi connectivity index (χ1v) is 8.79. The molecule has 0 radical (unpaired) electrons. The van der Waals surface area contributed by atoms with Crippen LogP contribution in [0, 0.1) is 5.92 Å². The van der Waals surface area contributed by atoms with Crippen LogP contribution in [-0.2, 0) is 10.8 Å². The van der Waals surface area contributed by atoms with Crippen molar-refractivity contribution in [2.24, 2.45) is 5.92 Å². The summed E-state index contributed by atoms with van der Waals surface area (Å²) in [5, 5.41) is 3.48. The van der Waals surface area contributed by atoms with Crippen LogP contribution in [0.4, 0.5) is 0 Å². The van der Waals surface area contributed by atoms with Crippen LogP contribution in [0.2, 0.25) is 0 Å². The monoisotopic (exact) mass is 259 g/mol. The summed E-state index contributed by atoms with van der Waals surface area (Å²) >= 11 is 0. The number of nitrogens with one attached hydrogen (secondary N) is 1. The van der Waals surface area contributed by atoms with Crippen molar-refractivity contribution in [1.82, 2.24) is 5.32 Å². The molecule has 2 atom stereocenters. The van der Waals surface area contributed by atoms with Crippen molar-refractivity contribution in [3.63, 3.8) is 0 Å². The first kappa shape index (κ1) is 15.2. The molecule has 0 amide bonds. The second-order valence-electron chi connectivity index (χ2n) is 5.46. The van der Waals surface area contributed by atoms with Crippen LogP contribution >= 0.6 is 0 Å². The van der Waals surface area contributed by atoms with Crippen LogP contribution in [0.15, 0.2) is 0 Å². The smallest absolute Gasteiger partial charge is 0.0263 e. The van der Waals surface area contributed by atoms with Gasteiger partial charge in [0, 0.05) is 28.3 Å². The average molecular weight is 259 g/mol. The standard InChI is InChI=1S/C14H29NOS/c1-3-10-15-13(2)7-6-11-17(16)12-14-8-4-5-9-14/h13-15H,3-12H2,1-2H3.